The Labute approximate surface area is 122 Å². The van der Waals surface area contributed by atoms with Gasteiger partial charge in [0.1, 0.15) is 11.4 Å². The molecule has 4 heteroatoms. The van der Waals surface area contributed by atoms with Crippen molar-refractivity contribution in [3.63, 3.8) is 0 Å². The van der Waals surface area contributed by atoms with Gasteiger partial charge in [-0.3, -0.25) is 0 Å². The van der Waals surface area contributed by atoms with Crippen molar-refractivity contribution in [3.05, 3.63) is 54.4 Å². The fourth-order valence-corrected chi connectivity index (χ4v) is 2.01. The molecule has 2 heterocycles. The van der Waals surface area contributed by atoms with Crippen LogP contribution < -0.4 is 21.7 Å². The van der Waals surface area contributed by atoms with Gasteiger partial charge in [0.25, 0.3) is 0 Å². The van der Waals surface area contributed by atoms with Gasteiger partial charge in [0, 0.05) is 18.0 Å². The van der Waals surface area contributed by atoms with Crippen LogP contribution in [0.1, 0.15) is 5.56 Å². The van der Waals surface area contributed by atoms with Crippen LogP contribution >= 0.6 is 0 Å². The molecule has 3 nitrogen and oxygen atoms in total. The van der Waals surface area contributed by atoms with E-state index in [0.29, 0.717) is 0 Å². The molecule has 0 aliphatic carbocycles. The Bertz CT molecular complexity index is 706. The van der Waals surface area contributed by atoms with E-state index in [1.807, 2.05) is 41.1 Å². The molecule has 2 aromatic heterocycles. The van der Waals surface area contributed by atoms with Crippen molar-refractivity contribution >= 4 is 5.65 Å². The zero-order valence-corrected chi connectivity index (χ0v) is 12.4. The van der Waals surface area contributed by atoms with E-state index in [-0.39, 0.29) is 17.0 Å². The van der Waals surface area contributed by atoms with Crippen molar-refractivity contribution in [2.45, 2.75) is 6.92 Å². The molecule has 0 saturated carbocycles. The number of halogens is 1. The molecule has 3 rings (SSSR count). The van der Waals surface area contributed by atoms with Crippen molar-refractivity contribution < 1.29 is 21.7 Å². The summed E-state index contributed by atoms with van der Waals surface area (Å²) in [5, 5.41) is 0. The monoisotopic (exact) mass is 317 g/mol. The van der Waals surface area contributed by atoms with Gasteiger partial charge in [0.15, 0.2) is 0 Å². The van der Waals surface area contributed by atoms with Crippen LogP contribution in [0.2, 0.25) is 0 Å². The summed E-state index contributed by atoms with van der Waals surface area (Å²) in [5.74, 6) is 0.848. The third-order valence-corrected chi connectivity index (χ3v) is 2.98. The Kier molecular flexibility index (Phi) is 3.90. The lowest BCUT2D eigenvalue weighted by Gasteiger charge is -2.00. The van der Waals surface area contributed by atoms with Crippen LogP contribution in [-0.2, 0) is 0 Å². The highest BCUT2D eigenvalue weighted by molar-refractivity contribution is 5.64. The Balaban J connectivity index is 0.00000133. The lowest BCUT2D eigenvalue weighted by Crippen LogP contribution is -3.00. The predicted octanol–water partition coefficient (Wildman–Crippen LogP) is 0.322. The number of benzene rings is 1. The van der Waals surface area contributed by atoms with E-state index in [1.54, 1.807) is 7.11 Å². The van der Waals surface area contributed by atoms with E-state index in [2.05, 4.69) is 24.0 Å². The summed E-state index contributed by atoms with van der Waals surface area (Å²) >= 11 is 0. The summed E-state index contributed by atoms with van der Waals surface area (Å²) in [6.45, 7) is 2.07. The standard InChI is InChI=1S/C15H14N2O.BrH/c1-11-6-7-17-10-14(16-15(17)8-11)12-4-3-5-13(9-12)18-2;/h3-10H,1-2H3;1H/p-1. The number of rotatable bonds is 2. The average Bonchev–Trinajstić information content (AvgIpc) is 2.81. The molecule has 98 valence electrons. The van der Waals surface area contributed by atoms with Crippen molar-refractivity contribution in [3.8, 4) is 17.0 Å². The SMILES string of the molecule is COc1cccc(-c2cn3ccc(C)cc3n2)c1.[Br-]. The van der Waals surface area contributed by atoms with Gasteiger partial charge in [0.2, 0.25) is 0 Å². The number of ether oxygens (including phenoxy) is 1. The third-order valence-electron chi connectivity index (χ3n) is 2.98. The highest BCUT2D eigenvalue weighted by Crippen LogP contribution is 2.23. The van der Waals surface area contributed by atoms with E-state index >= 15 is 0 Å². The van der Waals surface area contributed by atoms with E-state index in [1.165, 1.54) is 5.56 Å². The van der Waals surface area contributed by atoms with E-state index in [9.17, 15) is 0 Å². The first-order valence-electron chi connectivity index (χ1n) is 5.86. The summed E-state index contributed by atoms with van der Waals surface area (Å²) in [6, 6.07) is 12.1. The second-order valence-corrected chi connectivity index (χ2v) is 4.33. The highest BCUT2D eigenvalue weighted by Gasteiger charge is 2.05. The average molecular weight is 318 g/mol. The predicted molar refractivity (Wildman–Crippen MR) is 71.9 cm³/mol. The number of aromatic nitrogens is 2. The summed E-state index contributed by atoms with van der Waals surface area (Å²) in [4.78, 5) is 4.63. The second-order valence-electron chi connectivity index (χ2n) is 4.33. The summed E-state index contributed by atoms with van der Waals surface area (Å²) in [6.07, 6.45) is 4.06. The molecule has 0 fully saturated rings. The number of nitrogens with zero attached hydrogens (tertiary/aromatic N) is 2. The molecule has 0 atom stereocenters. The van der Waals surface area contributed by atoms with Gasteiger partial charge < -0.3 is 26.1 Å². The first kappa shape index (κ1) is 13.6. The molecule has 19 heavy (non-hydrogen) atoms. The number of fused-ring (bicyclic) bond motifs is 1. The summed E-state index contributed by atoms with van der Waals surface area (Å²) < 4.78 is 7.26. The molecule has 0 saturated heterocycles. The number of hydrogen-bond acceptors (Lipinski definition) is 2. The fourth-order valence-electron chi connectivity index (χ4n) is 2.01. The minimum atomic E-state index is 0. The van der Waals surface area contributed by atoms with Crippen molar-refractivity contribution in [1.82, 2.24) is 9.38 Å². The van der Waals surface area contributed by atoms with Crippen LogP contribution in [0.5, 0.6) is 5.75 Å². The number of imidazole rings is 1. The minimum Gasteiger partial charge on any atom is -1.00 e. The Morgan fingerprint density at radius 1 is 1.16 bits per heavy atom. The molecule has 0 radical (unpaired) electrons. The van der Waals surface area contributed by atoms with Gasteiger partial charge in [-0.25, -0.2) is 4.98 Å². The molecular formula is C15H14BrN2O-. The van der Waals surface area contributed by atoms with Gasteiger partial charge in [-0.2, -0.15) is 0 Å². The molecule has 0 bridgehead atoms. The largest absolute Gasteiger partial charge is 1.00 e. The molecule has 0 spiro atoms. The molecule has 3 aromatic rings. The van der Waals surface area contributed by atoms with Crippen LogP contribution in [-0.4, -0.2) is 16.5 Å². The van der Waals surface area contributed by atoms with E-state index in [0.717, 1.165) is 22.7 Å². The van der Waals surface area contributed by atoms with Gasteiger partial charge in [-0.05, 0) is 36.8 Å². The van der Waals surface area contributed by atoms with Crippen LogP contribution in [0.15, 0.2) is 48.8 Å². The van der Waals surface area contributed by atoms with Crippen LogP contribution in [0.4, 0.5) is 0 Å². The smallest absolute Gasteiger partial charge is 0.137 e. The number of methoxy groups -OCH3 is 1. The molecule has 0 unspecified atom stereocenters. The van der Waals surface area contributed by atoms with Crippen LogP contribution in [0, 0.1) is 6.92 Å². The quantitative estimate of drug-likeness (QED) is 0.680. The van der Waals surface area contributed by atoms with E-state index < -0.39 is 0 Å². The number of aryl methyl sites for hydroxylation is 1. The normalized spacial score (nSPS) is 10.2. The van der Waals surface area contributed by atoms with Gasteiger partial charge in [-0.1, -0.05) is 12.1 Å². The first-order chi connectivity index (χ1) is 8.76. The van der Waals surface area contributed by atoms with Crippen LogP contribution in [0.25, 0.3) is 16.9 Å². The van der Waals surface area contributed by atoms with Gasteiger partial charge in [0.05, 0.1) is 12.8 Å². The molecule has 0 aliphatic heterocycles. The molecular weight excluding hydrogens is 304 g/mol. The number of pyridine rings is 1. The fraction of sp³-hybridized carbons (Fsp3) is 0.133. The van der Waals surface area contributed by atoms with Crippen LogP contribution in [0.3, 0.4) is 0 Å². The Morgan fingerprint density at radius 2 is 2.00 bits per heavy atom. The lowest BCUT2D eigenvalue weighted by molar-refractivity contribution is -0.00000409. The molecule has 0 N–H and O–H groups in total. The maximum absolute atomic E-state index is 5.23. The Hall–Kier alpha value is -1.81. The Morgan fingerprint density at radius 3 is 2.79 bits per heavy atom. The maximum atomic E-state index is 5.23. The van der Waals surface area contributed by atoms with E-state index in [4.69, 9.17) is 4.74 Å². The molecule has 0 amide bonds. The van der Waals surface area contributed by atoms with Gasteiger partial charge in [-0.15, -0.1) is 0 Å². The minimum absolute atomic E-state index is 0. The zero-order chi connectivity index (χ0) is 12.5. The van der Waals surface area contributed by atoms with Crippen molar-refractivity contribution in [1.29, 1.82) is 0 Å². The maximum Gasteiger partial charge on any atom is 0.137 e. The van der Waals surface area contributed by atoms with Crippen molar-refractivity contribution in [2.75, 3.05) is 7.11 Å². The number of hydrogen-bond donors (Lipinski definition) is 0. The molecule has 0 aliphatic rings. The zero-order valence-electron chi connectivity index (χ0n) is 10.8. The topological polar surface area (TPSA) is 26.5 Å². The lowest BCUT2D eigenvalue weighted by atomic mass is 10.1. The summed E-state index contributed by atoms with van der Waals surface area (Å²) in [5.41, 5.74) is 4.20. The highest BCUT2D eigenvalue weighted by atomic mass is 79.9. The first-order valence-corrected chi connectivity index (χ1v) is 5.86. The third kappa shape index (κ3) is 2.63. The second kappa shape index (κ2) is 5.45. The molecule has 1 aromatic carbocycles. The summed E-state index contributed by atoms with van der Waals surface area (Å²) in [7, 11) is 1.67. The van der Waals surface area contributed by atoms with Crippen molar-refractivity contribution in [2.24, 2.45) is 0 Å². The van der Waals surface area contributed by atoms with Gasteiger partial charge >= 0.3 is 0 Å².